The summed E-state index contributed by atoms with van der Waals surface area (Å²) in [4.78, 5) is 23.0. The number of carbonyl (C=O) groups excluding carboxylic acids is 2. The van der Waals surface area contributed by atoms with Crippen molar-refractivity contribution in [1.82, 2.24) is 0 Å². The van der Waals surface area contributed by atoms with Crippen molar-refractivity contribution in [3.05, 3.63) is 24.3 Å². The normalized spacial score (nSPS) is 17.8. The van der Waals surface area contributed by atoms with Crippen molar-refractivity contribution >= 4 is 23.4 Å². The van der Waals surface area contributed by atoms with Crippen LogP contribution < -0.4 is 10.6 Å². The van der Waals surface area contributed by atoms with Crippen molar-refractivity contribution in [3.63, 3.8) is 0 Å². The number of amides is 2. The van der Waals surface area contributed by atoms with E-state index in [1.54, 1.807) is 24.3 Å². The van der Waals surface area contributed by atoms with E-state index in [1.807, 2.05) is 0 Å². The molecule has 1 fully saturated rings. The van der Waals surface area contributed by atoms with Gasteiger partial charge in [-0.2, -0.15) is 0 Å². The summed E-state index contributed by atoms with van der Waals surface area (Å²) in [6.07, 6.45) is 0.194. The summed E-state index contributed by atoms with van der Waals surface area (Å²) < 4.78 is 9.67. The van der Waals surface area contributed by atoms with Crippen LogP contribution in [0, 0.1) is 5.92 Å². The maximum atomic E-state index is 11.9. The van der Waals surface area contributed by atoms with Gasteiger partial charge in [0, 0.05) is 18.0 Å². The Kier molecular flexibility index (Phi) is 4.35. The summed E-state index contributed by atoms with van der Waals surface area (Å²) in [7, 11) is 1.29. The molecule has 1 atom stereocenters. The lowest BCUT2D eigenvalue weighted by molar-refractivity contribution is -0.119. The molecule has 1 heterocycles. The molecule has 19 heavy (non-hydrogen) atoms. The van der Waals surface area contributed by atoms with Crippen molar-refractivity contribution < 1.29 is 19.1 Å². The summed E-state index contributed by atoms with van der Waals surface area (Å²) in [5.41, 5.74) is 1.19. The number of carbonyl (C=O) groups is 2. The Balaban J connectivity index is 1.98. The average molecular weight is 264 g/mol. The number of methoxy groups -OCH3 is 1. The van der Waals surface area contributed by atoms with E-state index < -0.39 is 6.09 Å². The minimum absolute atomic E-state index is 0.0623. The van der Waals surface area contributed by atoms with Crippen LogP contribution in [0.5, 0.6) is 0 Å². The van der Waals surface area contributed by atoms with Crippen molar-refractivity contribution in [2.75, 3.05) is 31.0 Å². The van der Waals surface area contributed by atoms with Crippen LogP contribution >= 0.6 is 0 Å². The van der Waals surface area contributed by atoms with Crippen molar-refractivity contribution in [1.29, 1.82) is 0 Å². The molecule has 0 aliphatic carbocycles. The van der Waals surface area contributed by atoms with Crippen molar-refractivity contribution in [2.24, 2.45) is 5.92 Å². The lowest BCUT2D eigenvalue weighted by Crippen LogP contribution is -2.22. The number of hydrogen-bond acceptors (Lipinski definition) is 4. The van der Waals surface area contributed by atoms with E-state index in [1.165, 1.54) is 7.11 Å². The molecular weight excluding hydrogens is 248 g/mol. The maximum absolute atomic E-state index is 11.9. The third-order valence-electron chi connectivity index (χ3n) is 2.86. The fourth-order valence-corrected chi connectivity index (χ4v) is 1.83. The standard InChI is InChI=1S/C13H16N2O4/c1-18-13(17)15-11-4-2-3-10(7-11)14-12(16)9-5-6-19-8-9/h2-4,7,9H,5-6,8H2,1H3,(H,14,16)(H,15,17). The zero-order chi connectivity index (χ0) is 13.7. The molecule has 1 aliphatic rings. The molecule has 6 nitrogen and oxygen atoms in total. The van der Waals surface area contributed by atoms with Crippen molar-refractivity contribution in [3.8, 4) is 0 Å². The molecular formula is C13H16N2O4. The third kappa shape index (κ3) is 3.69. The molecule has 1 aliphatic heterocycles. The predicted molar refractivity (Wildman–Crippen MR) is 70.0 cm³/mol. The molecule has 1 aromatic carbocycles. The second-order valence-electron chi connectivity index (χ2n) is 4.25. The highest BCUT2D eigenvalue weighted by Crippen LogP contribution is 2.18. The van der Waals surface area contributed by atoms with Gasteiger partial charge in [0.15, 0.2) is 0 Å². The van der Waals surface area contributed by atoms with Crippen molar-refractivity contribution in [2.45, 2.75) is 6.42 Å². The smallest absolute Gasteiger partial charge is 0.411 e. The van der Waals surface area contributed by atoms with Crippen LogP contribution in [-0.2, 0) is 14.3 Å². The topological polar surface area (TPSA) is 76.7 Å². The fraction of sp³-hybridized carbons (Fsp3) is 0.385. The zero-order valence-electron chi connectivity index (χ0n) is 10.6. The van der Waals surface area contributed by atoms with Gasteiger partial charge < -0.3 is 14.8 Å². The fourth-order valence-electron chi connectivity index (χ4n) is 1.83. The van der Waals surface area contributed by atoms with E-state index >= 15 is 0 Å². The molecule has 102 valence electrons. The van der Waals surface area contributed by atoms with Gasteiger partial charge >= 0.3 is 6.09 Å². The molecule has 2 rings (SSSR count). The SMILES string of the molecule is COC(=O)Nc1cccc(NC(=O)C2CCOC2)c1. The second-order valence-corrected chi connectivity index (χ2v) is 4.25. The lowest BCUT2D eigenvalue weighted by Gasteiger charge is -2.10. The first-order valence-corrected chi connectivity index (χ1v) is 6.02. The number of anilines is 2. The molecule has 0 bridgehead atoms. The number of nitrogens with one attached hydrogen (secondary N) is 2. The van der Waals surface area contributed by atoms with E-state index in [9.17, 15) is 9.59 Å². The molecule has 6 heteroatoms. The highest BCUT2D eigenvalue weighted by Gasteiger charge is 2.23. The Bertz CT molecular complexity index is 469. The van der Waals surface area contributed by atoms with Gasteiger partial charge in [-0.3, -0.25) is 10.1 Å². The van der Waals surface area contributed by atoms with E-state index in [4.69, 9.17) is 4.74 Å². The van der Waals surface area contributed by atoms with Gasteiger partial charge in [-0.15, -0.1) is 0 Å². The van der Waals surface area contributed by atoms with Crippen LogP contribution in [0.25, 0.3) is 0 Å². The first kappa shape index (κ1) is 13.4. The van der Waals surface area contributed by atoms with E-state index in [0.29, 0.717) is 24.6 Å². The largest absolute Gasteiger partial charge is 0.453 e. The van der Waals surface area contributed by atoms with Gasteiger partial charge in [-0.05, 0) is 24.6 Å². The Hall–Kier alpha value is -2.08. The van der Waals surface area contributed by atoms with Crippen LogP contribution in [0.3, 0.4) is 0 Å². The highest BCUT2D eigenvalue weighted by atomic mass is 16.5. The molecule has 2 amide bonds. The quantitative estimate of drug-likeness (QED) is 0.873. The number of ether oxygens (including phenoxy) is 2. The van der Waals surface area contributed by atoms with Crippen LogP contribution in [0.1, 0.15) is 6.42 Å². The Morgan fingerprint density at radius 2 is 2.05 bits per heavy atom. The van der Waals surface area contributed by atoms with E-state index in [0.717, 1.165) is 6.42 Å². The molecule has 0 saturated carbocycles. The summed E-state index contributed by atoms with van der Waals surface area (Å²) >= 11 is 0. The van der Waals surface area contributed by atoms with Gasteiger partial charge in [-0.25, -0.2) is 4.79 Å². The second kappa shape index (κ2) is 6.19. The first-order chi connectivity index (χ1) is 9.19. The minimum Gasteiger partial charge on any atom is -0.453 e. The zero-order valence-corrected chi connectivity index (χ0v) is 10.6. The number of rotatable bonds is 3. The molecule has 0 spiro atoms. The highest BCUT2D eigenvalue weighted by molar-refractivity contribution is 5.94. The van der Waals surface area contributed by atoms with Gasteiger partial charge in [0.2, 0.25) is 5.91 Å². The lowest BCUT2D eigenvalue weighted by atomic mass is 10.1. The molecule has 0 radical (unpaired) electrons. The van der Waals surface area contributed by atoms with Crippen LogP contribution in [0.2, 0.25) is 0 Å². The summed E-state index contributed by atoms with van der Waals surface area (Å²) in [5.74, 6) is -0.162. The maximum Gasteiger partial charge on any atom is 0.411 e. The third-order valence-corrected chi connectivity index (χ3v) is 2.86. The first-order valence-electron chi connectivity index (χ1n) is 6.02. The van der Waals surface area contributed by atoms with Crippen LogP contribution in [-0.4, -0.2) is 32.3 Å². The summed E-state index contributed by atoms with van der Waals surface area (Å²) in [5, 5.41) is 5.34. The number of benzene rings is 1. The molecule has 2 N–H and O–H groups in total. The summed E-state index contributed by atoms with van der Waals surface area (Å²) in [6.45, 7) is 1.09. The molecule has 0 aromatic heterocycles. The van der Waals surface area contributed by atoms with Crippen LogP contribution in [0.15, 0.2) is 24.3 Å². The van der Waals surface area contributed by atoms with E-state index in [-0.39, 0.29) is 11.8 Å². The van der Waals surface area contributed by atoms with E-state index in [2.05, 4.69) is 15.4 Å². The average Bonchev–Trinajstić information content (AvgIpc) is 2.93. The predicted octanol–water partition coefficient (Wildman–Crippen LogP) is 1.84. The van der Waals surface area contributed by atoms with Gasteiger partial charge in [0.1, 0.15) is 0 Å². The molecule has 1 saturated heterocycles. The minimum atomic E-state index is -0.548. The molecule has 1 unspecified atom stereocenters. The van der Waals surface area contributed by atoms with Gasteiger partial charge in [-0.1, -0.05) is 6.07 Å². The Labute approximate surface area is 111 Å². The van der Waals surface area contributed by atoms with Crippen LogP contribution in [0.4, 0.5) is 16.2 Å². The Morgan fingerprint density at radius 3 is 2.68 bits per heavy atom. The Morgan fingerprint density at radius 1 is 1.32 bits per heavy atom. The molecule has 1 aromatic rings. The monoisotopic (exact) mass is 264 g/mol. The number of hydrogen-bond donors (Lipinski definition) is 2. The summed E-state index contributed by atoms with van der Waals surface area (Å²) in [6, 6.07) is 6.89. The van der Waals surface area contributed by atoms with Gasteiger partial charge in [0.25, 0.3) is 0 Å². The van der Waals surface area contributed by atoms with Gasteiger partial charge in [0.05, 0.1) is 19.6 Å².